The highest BCUT2D eigenvalue weighted by Gasteiger charge is 2.38. The van der Waals surface area contributed by atoms with Gasteiger partial charge in [0.05, 0.1) is 10.5 Å². The molecule has 31 heavy (non-hydrogen) atoms. The van der Waals surface area contributed by atoms with Gasteiger partial charge >= 0.3 is 6.36 Å². The van der Waals surface area contributed by atoms with Gasteiger partial charge in [0, 0.05) is 24.4 Å². The highest BCUT2D eigenvalue weighted by atomic mass is 19.4. The van der Waals surface area contributed by atoms with Crippen LogP contribution >= 0.6 is 0 Å². The number of halogens is 3. The van der Waals surface area contributed by atoms with Crippen molar-refractivity contribution < 1.29 is 32.4 Å². The summed E-state index contributed by atoms with van der Waals surface area (Å²) in [5.74, 6) is -1.77. The third-order valence-corrected chi connectivity index (χ3v) is 4.20. The Morgan fingerprint density at radius 1 is 1.06 bits per heavy atom. The Hall–Kier alpha value is -4.15. The maximum atomic E-state index is 12.8. The Labute approximate surface area is 173 Å². The van der Waals surface area contributed by atoms with Gasteiger partial charge in [0.25, 0.3) is 17.5 Å². The van der Waals surface area contributed by atoms with Gasteiger partial charge < -0.3 is 10.1 Å². The minimum absolute atomic E-state index is 0.0302. The molecule has 160 valence electrons. The summed E-state index contributed by atoms with van der Waals surface area (Å²) in [6, 6.07) is 9.63. The van der Waals surface area contributed by atoms with Crippen LogP contribution in [0.5, 0.6) is 5.75 Å². The van der Waals surface area contributed by atoms with Crippen LogP contribution in [-0.2, 0) is 9.59 Å². The number of amides is 2. The van der Waals surface area contributed by atoms with E-state index in [1.807, 2.05) is 0 Å². The predicted octanol–water partition coefficient (Wildman–Crippen LogP) is 3.87. The van der Waals surface area contributed by atoms with E-state index in [-0.39, 0.29) is 34.8 Å². The summed E-state index contributed by atoms with van der Waals surface area (Å²) in [7, 11) is 0. The van der Waals surface area contributed by atoms with Gasteiger partial charge in [-0.2, -0.15) is 0 Å². The summed E-state index contributed by atoms with van der Waals surface area (Å²) < 4.78 is 40.7. The first-order valence-electron chi connectivity index (χ1n) is 8.69. The van der Waals surface area contributed by atoms with Crippen LogP contribution in [0.4, 0.5) is 24.5 Å². The number of rotatable bonds is 7. The topological polar surface area (TPSA) is 102 Å². The van der Waals surface area contributed by atoms with Crippen LogP contribution < -0.4 is 10.1 Å². The Kier molecular flexibility index (Phi) is 5.77. The first-order chi connectivity index (χ1) is 14.6. The lowest BCUT2D eigenvalue weighted by Crippen LogP contribution is -2.32. The highest BCUT2D eigenvalue weighted by Crippen LogP contribution is 2.32. The molecule has 2 aromatic rings. The Morgan fingerprint density at radius 2 is 1.68 bits per heavy atom. The molecule has 0 unspecified atom stereocenters. The molecule has 1 N–H and O–H groups in total. The number of nitro groups is 1. The summed E-state index contributed by atoms with van der Waals surface area (Å²) in [5.41, 5.74) is 0.141. The fourth-order valence-electron chi connectivity index (χ4n) is 2.89. The maximum absolute atomic E-state index is 12.8. The number of nitrogens with one attached hydrogen (secondary N) is 1. The van der Waals surface area contributed by atoms with Gasteiger partial charge in [0.1, 0.15) is 11.4 Å². The molecule has 2 amide bonds. The predicted molar refractivity (Wildman–Crippen MR) is 104 cm³/mol. The number of ether oxygens (including phenoxy) is 1. The molecule has 1 heterocycles. The molecule has 0 spiro atoms. The van der Waals surface area contributed by atoms with Gasteiger partial charge in [0.15, 0.2) is 0 Å². The summed E-state index contributed by atoms with van der Waals surface area (Å²) in [4.78, 5) is 36.8. The van der Waals surface area contributed by atoms with Crippen molar-refractivity contribution in [1.82, 2.24) is 4.90 Å². The second-order valence-corrected chi connectivity index (χ2v) is 6.26. The van der Waals surface area contributed by atoms with Crippen molar-refractivity contribution >= 4 is 28.8 Å². The van der Waals surface area contributed by atoms with Crippen molar-refractivity contribution in [2.75, 3.05) is 11.9 Å². The maximum Gasteiger partial charge on any atom is 0.573 e. The number of nitro benzene ring substituents is 1. The van der Waals surface area contributed by atoms with Crippen molar-refractivity contribution in [3.8, 4) is 5.75 Å². The van der Waals surface area contributed by atoms with Crippen LogP contribution in [0.3, 0.4) is 0 Å². The number of nitrogens with zero attached hydrogens (tertiary/aromatic N) is 2. The first kappa shape index (κ1) is 21.6. The Morgan fingerprint density at radius 3 is 2.19 bits per heavy atom. The number of hydrogen-bond donors (Lipinski definition) is 1. The molecule has 0 aromatic heterocycles. The SMILES string of the molecule is C=CCN1C(=O)C(Nc2ccc(OC(F)(F)F)cc2)=C(c2ccc([N+](=O)[O-])cc2)C1=O. The smallest absolute Gasteiger partial charge is 0.406 e. The van der Waals surface area contributed by atoms with Gasteiger partial charge in [-0.15, -0.1) is 19.8 Å². The largest absolute Gasteiger partial charge is 0.573 e. The number of alkyl halides is 3. The van der Waals surface area contributed by atoms with Crippen molar-refractivity contribution in [2.45, 2.75) is 6.36 Å². The number of imide groups is 1. The number of carbonyl (C=O) groups excluding carboxylic acids is 2. The second-order valence-electron chi connectivity index (χ2n) is 6.26. The Bertz CT molecular complexity index is 1080. The third kappa shape index (κ3) is 4.71. The molecule has 1 aliphatic heterocycles. The van der Waals surface area contributed by atoms with E-state index in [1.165, 1.54) is 42.5 Å². The van der Waals surface area contributed by atoms with Gasteiger partial charge in [-0.1, -0.05) is 6.08 Å². The van der Waals surface area contributed by atoms with Crippen LogP contribution in [0, 0.1) is 10.1 Å². The molecule has 1 aliphatic rings. The highest BCUT2D eigenvalue weighted by molar-refractivity contribution is 6.36. The number of benzene rings is 2. The number of hydrogen-bond acceptors (Lipinski definition) is 6. The van der Waals surface area contributed by atoms with Crippen LogP contribution in [0.2, 0.25) is 0 Å². The van der Waals surface area contributed by atoms with E-state index in [0.29, 0.717) is 0 Å². The monoisotopic (exact) mass is 433 g/mol. The van der Waals surface area contributed by atoms with Crippen LogP contribution in [-0.4, -0.2) is 34.5 Å². The fraction of sp³-hybridized carbons (Fsp3) is 0.100. The summed E-state index contributed by atoms with van der Waals surface area (Å²) in [5, 5.41) is 13.6. The van der Waals surface area contributed by atoms with Crippen molar-refractivity contribution in [1.29, 1.82) is 0 Å². The quantitative estimate of drug-likeness (QED) is 0.308. The minimum atomic E-state index is -4.85. The molecule has 0 bridgehead atoms. The molecule has 11 heteroatoms. The lowest BCUT2D eigenvalue weighted by molar-refractivity contribution is -0.384. The lowest BCUT2D eigenvalue weighted by Gasteiger charge is -2.13. The number of anilines is 1. The normalized spacial score (nSPS) is 14.1. The Balaban J connectivity index is 1.97. The minimum Gasteiger partial charge on any atom is -0.406 e. The molecule has 0 radical (unpaired) electrons. The third-order valence-electron chi connectivity index (χ3n) is 4.20. The molecule has 0 saturated carbocycles. The lowest BCUT2D eigenvalue weighted by atomic mass is 10.0. The second kappa shape index (κ2) is 8.30. The van der Waals surface area contributed by atoms with E-state index in [0.717, 1.165) is 17.0 Å². The van der Waals surface area contributed by atoms with Crippen molar-refractivity contribution in [3.05, 3.63) is 82.6 Å². The van der Waals surface area contributed by atoms with Crippen LogP contribution in [0.1, 0.15) is 5.56 Å². The molecule has 8 nitrogen and oxygen atoms in total. The van der Waals surface area contributed by atoms with E-state index in [2.05, 4.69) is 16.6 Å². The molecule has 0 atom stereocenters. The molecule has 0 saturated heterocycles. The molecule has 0 aliphatic carbocycles. The average molecular weight is 433 g/mol. The molecule has 0 fully saturated rings. The molecular formula is C20H14F3N3O5. The van der Waals surface area contributed by atoms with Crippen LogP contribution in [0.15, 0.2) is 66.9 Å². The van der Waals surface area contributed by atoms with Gasteiger partial charge in [0.2, 0.25) is 0 Å². The summed E-state index contributed by atoms with van der Waals surface area (Å²) in [6.07, 6.45) is -3.49. The van der Waals surface area contributed by atoms with Crippen LogP contribution in [0.25, 0.3) is 5.57 Å². The van der Waals surface area contributed by atoms with Crippen molar-refractivity contribution in [2.24, 2.45) is 0 Å². The molecule has 3 rings (SSSR count). The van der Waals surface area contributed by atoms with E-state index in [4.69, 9.17) is 0 Å². The standard InChI is InChI=1S/C20H14F3N3O5/c1-2-11-25-18(27)16(12-3-7-14(8-4-12)26(29)30)17(19(25)28)24-13-5-9-15(10-6-13)31-20(21,22)23/h2-10,24H,1,11H2. The summed E-state index contributed by atoms with van der Waals surface area (Å²) >= 11 is 0. The van der Waals surface area contributed by atoms with E-state index >= 15 is 0 Å². The zero-order valence-corrected chi connectivity index (χ0v) is 15.7. The number of carbonyl (C=O) groups is 2. The van der Waals surface area contributed by atoms with Crippen molar-refractivity contribution in [3.63, 3.8) is 0 Å². The van der Waals surface area contributed by atoms with E-state index < -0.39 is 28.8 Å². The van der Waals surface area contributed by atoms with Gasteiger partial charge in [-0.25, -0.2) is 0 Å². The number of non-ortho nitro benzene ring substituents is 1. The zero-order valence-electron chi connectivity index (χ0n) is 15.7. The average Bonchev–Trinajstić information content (AvgIpc) is 2.93. The molecule has 2 aromatic carbocycles. The molecular weight excluding hydrogens is 419 g/mol. The van der Waals surface area contributed by atoms with Gasteiger partial charge in [-0.3, -0.25) is 24.6 Å². The fourth-order valence-corrected chi connectivity index (χ4v) is 2.89. The van der Waals surface area contributed by atoms with E-state index in [9.17, 15) is 32.9 Å². The summed E-state index contributed by atoms with van der Waals surface area (Å²) in [6.45, 7) is 3.43. The van der Waals surface area contributed by atoms with E-state index in [1.54, 1.807) is 0 Å². The first-order valence-corrected chi connectivity index (χ1v) is 8.69. The zero-order chi connectivity index (χ0) is 22.8. The van der Waals surface area contributed by atoms with Gasteiger partial charge in [-0.05, 0) is 42.0 Å².